The molecule has 17 heavy (non-hydrogen) atoms. The Morgan fingerprint density at radius 3 is 2.88 bits per heavy atom. The molecule has 0 aliphatic heterocycles. The van der Waals surface area contributed by atoms with Crippen molar-refractivity contribution in [2.24, 2.45) is 5.92 Å². The minimum Gasteiger partial charge on any atom is -0.269 e. The van der Waals surface area contributed by atoms with Crippen molar-refractivity contribution >= 4 is 11.6 Å². The van der Waals surface area contributed by atoms with E-state index in [1.54, 1.807) is 0 Å². The molecule has 0 saturated heterocycles. The quantitative estimate of drug-likeness (QED) is 0.771. The van der Waals surface area contributed by atoms with Crippen molar-refractivity contribution in [3.63, 3.8) is 0 Å². The second kappa shape index (κ2) is 6.07. The number of halogens is 1. The van der Waals surface area contributed by atoms with Crippen molar-refractivity contribution in [1.29, 1.82) is 5.26 Å². The van der Waals surface area contributed by atoms with E-state index in [2.05, 4.69) is 15.8 Å². The molecule has 0 radical (unpaired) electrons. The largest absolute Gasteiger partial charge is 0.269 e. The smallest absolute Gasteiger partial charge is 0.0672 e. The summed E-state index contributed by atoms with van der Waals surface area (Å²) in [5, 5.41) is 13.5. The molecule has 1 aromatic rings. The van der Waals surface area contributed by atoms with E-state index < -0.39 is 0 Å². The molecule has 1 saturated carbocycles. The number of alkyl halides is 1. The van der Waals surface area contributed by atoms with Crippen molar-refractivity contribution in [1.82, 2.24) is 9.78 Å². The topological polar surface area (TPSA) is 41.6 Å². The molecule has 1 unspecified atom stereocenters. The minimum absolute atomic E-state index is 0.119. The molecule has 92 valence electrons. The Morgan fingerprint density at radius 2 is 2.24 bits per heavy atom. The average molecular weight is 252 g/mol. The Labute approximate surface area is 107 Å². The number of nitriles is 1. The lowest BCUT2D eigenvalue weighted by Gasteiger charge is -2.21. The maximum atomic E-state index is 8.87. The van der Waals surface area contributed by atoms with Gasteiger partial charge < -0.3 is 0 Å². The van der Waals surface area contributed by atoms with Crippen LogP contribution in [0.25, 0.3) is 0 Å². The van der Waals surface area contributed by atoms with Crippen molar-refractivity contribution < 1.29 is 0 Å². The summed E-state index contributed by atoms with van der Waals surface area (Å²) in [7, 11) is 0. The fraction of sp³-hybridized carbons (Fsp3) is 0.692. The van der Waals surface area contributed by atoms with Gasteiger partial charge >= 0.3 is 0 Å². The predicted molar refractivity (Wildman–Crippen MR) is 67.9 cm³/mol. The highest BCUT2D eigenvalue weighted by Crippen LogP contribution is 2.27. The van der Waals surface area contributed by atoms with Gasteiger partial charge in [-0.15, -0.1) is 11.6 Å². The molecule has 1 atom stereocenters. The lowest BCUT2D eigenvalue weighted by atomic mass is 9.96. The summed E-state index contributed by atoms with van der Waals surface area (Å²) < 4.78 is 2.08. The first-order valence-corrected chi connectivity index (χ1v) is 6.86. The monoisotopic (exact) mass is 251 g/mol. The summed E-state index contributed by atoms with van der Waals surface area (Å²) in [4.78, 5) is 0. The molecule has 0 spiro atoms. The molecule has 0 N–H and O–H groups in total. The molecule has 0 aromatic carbocycles. The van der Waals surface area contributed by atoms with Crippen LogP contribution >= 0.6 is 11.6 Å². The molecule has 3 nitrogen and oxygen atoms in total. The van der Waals surface area contributed by atoms with Gasteiger partial charge in [0.05, 0.1) is 23.7 Å². The first kappa shape index (κ1) is 12.4. The van der Waals surface area contributed by atoms with Crippen LogP contribution in [-0.2, 0) is 6.42 Å². The standard InChI is InChI=1S/C13H18ClN3/c14-9-11(10-15)8-12-6-7-17(16-12)13-4-2-1-3-5-13/h6-7,11,13H,1-5,8-9H2. The van der Waals surface area contributed by atoms with Crippen LogP contribution in [-0.4, -0.2) is 15.7 Å². The van der Waals surface area contributed by atoms with Gasteiger partial charge in [0.2, 0.25) is 0 Å². The van der Waals surface area contributed by atoms with Crippen LogP contribution in [0.4, 0.5) is 0 Å². The van der Waals surface area contributed by atoms with Crippen LogP contribution in [0.15, 0.2) is 12.3 Å². The fourth-order valence-electron chi connectivity index (χ4n) is 2.42. The second-order valence-corrected chi connectivity index (χ2v) is 5.07. The third-order valence-corrected chi connectivity index (χ3v) is 3.81. The van der Waals surface area contributed by atoms with Gasteiger partial charge in [-0.1, -0.05) is 19.3 Å². The van der Waals surface area contributed by atoms with E-state index in [4.69, 9.17) is 16.9 Å². The summed E-state index contributed by atoms with van der Waals surface area (Å²) in [6.07, 6.45) is 9.16. The Bertz CT molecular complexity index is 388. The maximum Gasteiger partial charge on any atom is 0.0672 e. The van der Waals surface area contributed by atoms with E-state index in [9.17, 15) is 0 Å². The molecule has 1 fully saturated rings. The fourth-order valence-corrected chi connectivity index (χ4v) is 2.60. The summed E-state index contributed by atoms with van der Waals surface area (Å²) in [6.45, 7) is 0. The van der Waals surface area contributed by atoms with Crippen LogP contribution in [0.1, 0.15) is 43.8 Å². The molecule has 0 amide bonds. The summed E-state index contributed by atoms with van der Waals surface area (Å²) >= 11 is 5.72. The Hall–Kier alpha value is -1.01. The normalized spacial score (nSPS) is 18.8. The predicted octanol–water partition coefficient (Wildman–Crippen LogP) is 3.31. The summed E-state index contributed by atoms with van der Waals surface area (Å²) in [6, 6.07) is 4.79. The molecule has 1 aliphatic rings. The third-order valence-electron chi connectivity index (χ3n) is 3.44. The lowest BCUT2D eigenvalue weighted by Crippen LogP contribution is -2.14. The Balaban J connectivity index is 1.97. The van der Waals surface area contributed by atoms with Gasteiger partial charge in [0.15, 0.2) is 0 Å². The molecule has 2 rings (SSSR count). The van der Waals surface area contributed by atoms with Crippen LogP contribution in [0.5, 0.6) is 0 Å². The highest BCUT2D eigenvalue weighted by atomic mass is 35.5. The lowest BCUT2D eigenvalue weighted by molar-refractivity contribution is 0.328. The van der Waals surface area contributed by atoms with Crippen molar-refractivity contribution in [2.45, 2.75) is 44.6 Å². The molecule has 0 bridgehead atoms. The summed E-state index contributed by atoms with van der Waals surface area (Å²) in [5.74, 6) is 0.263. The van der Waals surface area contributed by atoms with Crippen LogP contribution < -0.4 is 0 Å². The van der Waals surface area contributed by atoms with E-state index in [0.29, 0.717) is 18.3 Å². The van der Waals surface area contributed by atoms with Gasteiger partial charge in [-0.3, -0.25) is 4.68 Å². The average Bonchev–Trinajstić information content (AvgIpc) is 2.85. The van der Waals surface area contributed by atoms with E-state index in [1.165, 1.54) is 32.1 Å². The number of nitrogens with zero attached hydrogens (tertiary/aromatic N) is 3. The highest BCUT2D eigenvalue weighted by Gasteiger charge is 2.17. The van der Waals surface area contributed by atoms with E-state index in [1.807, 2.05) is 12.3 Å². The number of rotatable bonds is 4. The molecular formula is C13H18ClN3. The first-order chi connectivity index (χ1) is 8.33. The van der Waals surface area contributed by atoms with Gasteiger partial charge in [-0.25, -0.2) is 0 Å². The van der Waals surface area contributed by atoms with E-state index >= 15 is 0 Å². The van der Waals surface area contributed by atoms with Gasteiger partial charge in [-0.05, 0) is 18.9 Å². The molecule has 4 heteroatoms. The zero-order valence-corrected chi connectivity index (χ0v) is 10.7. The van der Waals surface area contributed by atoms with Crippen LogP contribution in [0.2, 0.25) is 0 Å². The molecular weight excluding hydrogens is 234 g/mol. The van der Waals surface area contributed by atoms with E-state index in [0.717, 1.165) is 5.69 Å². The molecule has 1 aliphatic carbocycles. The van der Waals surface area contributed by atoms with E-state index in [-0.39, 0.29) is 5.92 Å². The minimum atomic E-state index is -0.119. The van der Waals surface area contributed by atoms with Crippen molar-refractivity contribution in [3.8, 4) is 6.07 Å². The number of hydrogen-bond acceptors (Lipinski definition) is 2. The van der Waals surface area contributed by atoms with Crippen molar-refractivity contribution in [3.05, 3.63) is 18.0 Å². The zero-order valence-electron chi connectivity index (χ0n) is 9.98. The molecule has 1 aromatic heterocycles. The van der Waals surface area contributed by atoms with Crippen LogP contribution in [0, 0.1) is 17.2 Å². The van der Waals surface area contributed by atoms with Gasteiger partial charge in [0.25, 0.3) is 0 Å². The first-order valence-electron chi connectivity index (χ1n) is 6.33. The third kappa shape index (κ3) is 3.23. The highest BCUT2D eigenvalue weighted by molar-refractivity contribution is 6.18. The Morgan fingerprint density at radius 1 is 1.47 bits per heavy atom. The van der Waals surface area contributed by atoms with Gasteiger partial charge in [0.1, 0.15) is 0 Å². The summed E-state index contributed by atoms with van der Waals surface area (Å²) in [5.41, 5.74) is 0.989. The molecule has 1 heterocycles. The zero-order chi connectivity index (χ0) is 12.1. The Kier molecular flexibility index (Phi) is 4.44. The number of aromatic nitrogens is 2. The number of hydrogen-bond donors (Lipinski definition) is 0. The van der Waals surface area contributed by atoms with Crippen LogP contribution in [0.3, 0.4) is 0 Å². The maximum absolute atomic E-state index is 8.87. The van der Waals surface area contributed by atoms with Gasteiger partial charge in [0, 0.05) is 18.5 Å². The second-order valence-electron chi connectivity index (χ2n) is 4.76. The SMILES string of the molecule is N#CC(CCl)Cc1ccn(C2CCCCC2)n1. The van der Waals surface area contributed by atoms with Gasteiger partial charge in [-0.2, -0.15) is 10.4 Å². The van der Waals surface area contributed by atoms with Crippen molar-refractivity contribution in [2.75, 3.05) is 5.88 Å².